The standard InChI is InChI=1S/C16H28N4/c1-4-7-11-20(13-8-9-13)16-14(6-3)15(17-10-5-2)18-12-19-16/h12-13H,4-11H2,1-3H3,(H,17,18,19). The number of nitrogens with one attached hydrogen (secondary N) is 1. The molecule has 1 N–H and O–H groups in total. The smallest absolute Gasteiger partial charge is 0.137 e. The molecule has 1 aliphatic rings. The van der Waals surface area contributed by atoms with Crippen LogP contribution in [0.5, 0.6) is 0 Å². The van der Waals surface area contributed by atoms with Crippen molar-refractivity contribution < 1.29 is 0 Å². The molecule has 112 valence electrons. The van der Waals surface area contributed by atoms with Crippen molar-refractivity contribution in [3.8, 4) is 0 Å². The molecule has 0 aromatic carbocycles. The van der Waals surface area contributed by atoms with Crippen LogP contribution in [-0.2, 0) is 6.42 Å². The van der Waals surface area contributed by atoms with E-state index in [2.05, 4.69) is 41.0 Å². The number of aromatic nitrogens is 2. The summed E-state index contributed by atoms with van der Waals surface area (Å²) in [5.74, 6) is 2.19. The summed E-state index contributed by atoms with van der Waals surface area (Å²) in [5, 5.41) is 3.45. The van der Waals surface area contributed by atoms with Gasteiger partial charge in [0.05, 0.1) is 0 Å². The predicted octanol–water partition coefficient (Wildman–Crippen LogP) is 3.63. The normalized spacial score (nSPS) is 14.3. The average molecular weight is 276 g/mol. The van der Waals surface area contributed by atoms with E-state index in [1.165, 1.54) is 31.2 Å². The van der Waals surface area contributed by atoms with Gasteiger partial charge < -0.3 is 10.2 Å². The Morgan fingerprint density at radius 1 is 1.20 bits per heavy atom. The highest BCUT2D eigenvalue weighted by atomic mass is 15.2. The zero-order valence-corrected chi connectivity index (χ0v) is 13.2. The molecule has 1 heterocycles. The minimum atomic E-state index is 0.709. The first-order chi connectivity index (χ1) is 9.81. The van der Waals surface area contributed by atoms with Gasteiger partial charge in [0.2, 0.25) is 0 Å². The first-order valence-corrected chi connectivity index (χ1v) is 8.16. The Hall–Kier alpha value is -1.32. The van der Waals surface area contributed by atoms with Crippen molar-refractivity contribution in [3.05, 3.63) is 11.9 Å². The second-order valence-corrected chi connectivity index (χ2v) is 5.58. The fraction of sp³-hybridized carbons (Fsp3) is 0.750. The van der Waals surface area contributed by atoms with Crippen LogP contribution in [0.25, 0.3) is 0 Å². The summed E-state index contributed by atoms with van der Waals surface area (Å²) in [6.45, 7) is 8.73. The third-order valence-corrected chi connectivity index (χ3v) is 3.83. The molecule has 20 heavy (non-hydrogen) atoms. The molecule has 4 heteroatoms. The van der Waals surface area contributed by atoms with Gasteiger partial charge in [-0.05, 0) is 32.1 Å². The molecule has 0 bridgehead atoms. The minimum Gasteiger partial charge on any atom is -0.370 e. The maximum absolute atomic E-state index is 4.61. The molecule has 0 radical (unpaired) electrons. The molecule has 0 amide bonds. The van der Waals surface area contributed by atoms with Crippen LogP contribution >= 0.6 is 0 Å². The Balaban J connectivity index is 2.23. The van der Waals surface area contributed by atoms with E-state index in [0.29, 0.717) is 6.04 Å². The van der Waals surface area contributed by atoms with Gasteiger partial charge in [-0.2, -0.15) is 0 Å². The van der Waals surface area contributed by atoms with Crippen molar-refractivity contribution >= 4 is 11.6 Å². The van der Waals surface area contributed by atoms with E-state index in [0.717, 1.165) is 37.6 Å². The fourth-order valence-corrected chi connectivity index (χ4v) is 2.55. The van der Waals surface area contributed by atoms with Gasteiger partial charge in [0.25, 0.3) is 0 Å². The van der Waals surface area contributed by atoms with Crippen LogP contribution in [-0.4, -0.2) is 29.1 Å². The summed E-state index contributed by atoms with van der Waals surface area (Å²) in [6.07, 6.45) is 8.91. The Morgan fingerprint density at radius 3 is 2.60 bits per heavy atom. The van der Waals surface area contributed by atoms with Gasteiger partial charge in [0.1, 0.15) is 18.0 Å². The van der Waals surface area contributed by atoms with Crippen LogP contribution in [0.15, 0.2) is 6.33 Å². The summed E-state index contributed by atoms with van der Waals surface area (Å²) in [7, 11) is 0. The number of anilines is 2. The lowest BCUT2D eigenvalue weighted by Crippen LogP contribution is -2.29. The Morgan fingerprint density at radius 2 is 2.00 bits per heavy atom. The molecule has 0 aliphatic heterocycles. The van der Waals surface area contributed by atoms with E-state index < -0.39 is 0 Å². The minimum absolute atomic E-state index is 0.709. The molecule has 1 aromatic rings. The molecule has 1 aliphatic carbocycles. The van der Waals surface area contributed by atoms with E-state index >= 15 is 0 Å². The summed E-state index contributed by atoms with van der Waals surface area (Å²) < 4.78 is 0. The van der Waals surface area contributed by atoms with E-state index in [4.69, 9.17) is 0 Å². The van der Waals surface area contributed by atoms with Gasteiger partial charge in [0, 0.05) is 24.7 Å². The Bertz CT molecular complexity index is 415. The molecule has 1 aromatic heterocycles. The van der Waals surface area contributed by atoms with Gasteiger partial charge in [-0.1, -0.05) is 27.2 Å². The van der Waals surface area contributed by atoms with Crippen LogP contribution in [0.1, 0.15) is 58.4 Å². The third kappa shape index (κ3) is 3.62. The van der Waals surface area contributed by atoms with Crippen LogP contribution in [0.3, 0.4) is 0 Å². The highest BCUT2D eigenvalue weighted by Crippen LogP contribution is 2.34. The molecule has 4 nitrogen and oxygen atoms in total. The zero-order valence-electron chi connectivity index (χ0n) is 13.2. The first-order valence-electron chi connectivity index (χ1n) is 8.16. The Kier molecular flexibility index (Phi) is 5.62. The summed E-state index contributed by atoms with van der Waals surface area (Å²) in [5.41, 5.74) is 1.28. The molecule has 0 unspecified atom stereocenters. The molecular formula is C16H28N4. The molecule has 2 rings (SSSR count). The number of nitrogens with zero attached hydrogens (tertiary/aromatic N) is 3. The molecule has 1 saturated carbocycles. The highest BCUT2D eigenvalue weighted by Gasteiger charge is 2.31. The second-order valence-electron chi connectivity index (χ2n) is 5.58. The zero-order chi connectivity index (χ0) is 14.4. The average Bonchev–Trinajstić information content (AvgIpc) is 3.30. The highest BCUT2D eigenvalue weighted by molar-refractivity contribution is 5.59. The molecule has 0 atom stereocenters. The number of rotatable bonds is 9. The van der Waals surface area contributed by atoms with Crippen molar-refractivity contribution in [1.82, 2.24) is 9.97 Å². The number of unbranched alkanes of at least 4 members (excludes halogenated alkanes) is 1. The molecule has 0 spiro atoms. The SMILES string of the molecule is CCCCN(c1ncnc(NCCC)c1CC)C1CC1. The lowest BCUT2D eigenvalue weighted by Gasteiger charge is -2.26. The monoisotopic (exact) mass is 276 g/mol. The lowest BCUT2D eigenvalue weighted by molar-refractivity contribution is 0.699. The van der Waals surface area contributed by atoms with Crippen LogP contribution in [0.4, 0.5) is 11.6 Å². The lowest BCUT2D eigenvalue weighted by atomic mass is 10.2. The number of hydrogen-bond donors (Lipinski definition) is 1. The van der Waals surface area contributed by atoms with Crippen molar-refractivity contribution in [3.63, 3.8) is 0 Å². The third-order valence-electron chi connectivity index (χ3n) is 3.83. The number of hydrogen-bond acceptors (Lipinski definition) is 4. The van der Waals surface area contributed by atoms with Gasteiger partial charge >= 0.3 is 0 Å². The van der Waals surface area contributed by atoms with Crippen molar-refractivity contribution in [2.75, 3.05) is 23.3 Å². The van der Waals surface area contributed by atoms with Gasteiger partial charge in [0.15, 0.2) is 0 Å². The second kappa shape index (κ2) is 7.46. The van der Waals surface area contributed by atoms with E-state index in [9.17, 15) is 0 Å². The summed E-state index contributed by atoms with van der Waals surface area (Å²) in [6, 6.07) is 0.709. The fourth-order valence-electron chi connectivity index (χ4n) is 2.55. The van der Waals surface area contributed by atoms with Crippen molar-refractivity contribution in [1.29, 1.82) is 0 Å². The predicted molar refractivity (Wildman–Crippen MR) is 85.5 cm³/mol. The maximum Gasteiger partial charge on any atom is 0.137 e. The van der Waals surface area contributed by atoms with Crippen molar-refractivity contribution in [2.24, 2.45) is 0 Å². The van der Waals surface area contributed by atoms with E-state index in [1.54, 1.807) is 6.33 Å². The Labute approximate surface area is 123 Å². The molecule has 0 saturated heterocycles. The summed E-state index contributed by atoms with van der Waals surface area (Å²) >= 11 is 0. The first kappa shape index (κ1) is 15.1. The molecular weight excluding hydrogens is 248 g/mol. The van der Waals surface area contributed by atoms with Crippen molar-refractivity contribution in [2.45, 2.75) is 65.3 Å². The molecule has 1 fully saturated rings. The van der Waals surface area contributed by atoms with E-state index in [1.807, 2.05) is 0 Å². The van der Waals surface area contributed by atoms with Gasteiger partial charge in [-0.25, -0.2) is 9.97 Å². The maximum atomic E-state index is 4.61. The van der Waals surface area contributed by atoms with Crippen LogP contribution < -0.4 is 10.2 Å². The quantitative estimate of drug-likeness (QED) is 0.748. The van der Waals surface area contributed by atoms with Crippen LogP contribution in [0, 0.1) is 0 Å². The van der Waals surface area contributed by atoms with Gasteiger partial charge in [-0.3, -0.25) is 0 Å². The summed E-state index contributed by atoms with van der Waals surface area (Å²) in [4.78, 5) is 11.6. The topological polar surface area (TPSA) is 41.1 Å². The van der Waals surface area contributed by atoms with E-state index in [-0.39, 0.29) is 0 Å². The van der Waals surface area contributed by atoms with Crippen LogP contribution in [0.2, 0.25) is 0 Å². The largest absolute Gasteiger partial charge is 0.370 e. The van der Waals surface area contributed by atoms with Gasteiger partial charge in [-0.15, -0.1) is 0 Å².